The van der Waals surface area contributed by atoms with Gasteiger partial charge in [-0.25, -0.2) is 13.2 Å². The summed E-state index contributed by atoms with van der Waals surface area (Å²) in [7, 11) is 0. The average molecular weight is 354 g/mol. The summed E-state index contributed by atoms with van der Waals surface area (Å²) in [5.41, 5.74) is 0.0962. The van der Waals surface area contributed by atoms with Gasteiger partial charge in [-0.2, -0.15) is 0 Å². The van der Waals surface area contributed by atoms with Crippen LogP contribution in [0.15, 0.2) is 12.1 Å². The number of halogens is 3. The molecule has 0 heterocycles. The molecule has 0 atom stereocenters. The molecule has 0 amide bonds. The van der Waals surface area contributed by atoms with Gasteiger partial charge in [0.15, 0.2) is 17.5 Å². The van der Waals surface area contributed by atoms with Gasteiger partial charge in [0.2, 0.25) is 0 Å². The molecular weight excluding hydrogens is 325 g/mol. The second kappa shape index (κ2) is 8.57. The van der Waals surface area contributed by atoms with Gasteiger partial charge in [0.1, 0.15) is 0 Å². The molecule has 25 heavy (non-hydrogen) atoms. The monoisotopic (exact) mass is 354 g/mol. The third-order valence-electron chi connectivity index (χ3n) is 6.44. The quantitative estimate of drug-likeness (QED) is 0.556. The molecule has 2 aliphatic carbocycles. The van der Waals surface area contributed by atoms with E-state index >= 15 is 0 Å². The molecule has 1 nitrogen and oxygen atoms in total. The Balaban J connectivity index is 1.43. The zero-order valence-corrected chi connectivity index (χ0v) is 15.1. The predicted molar refractivity (Wildman–Crippen MR) is 92.6 cm³/mol. The maximum atomic E-state index is 13.7. The second-order valence-corrected chi connectivity index (χ2v) is 7.87. The van der Waals surface area contributed by atoms with E-state index in [1.54, 1.807) is 0 Å². The number of hydrogen-bond donors (Lipinski definition) is 0. The summed E-state index contributed by atoms with van der Waals surface area (Å²) in [4.78, 5) is 0. The van der Waals surface area contributed by atoms with E-state index in [0.29, 0.717) is 0 Å². The van der Waals surface area contributed by atoms with E-state index in [9.17, 15) is 13.2 Å². The molecule has 4 heteroatoms. The highest BCUT2D eigenvalue weighted by atomic mass is 19.2. The maximum Gasteiger partial charge on any atom is 0.194 e. The lowest BCUT2D eigenvalue weighted by molar-refractivity contribution is -0.00400. The molecular formula is C21H29F3O. The van der Waals surface area contributed by atoms with Crippen LogP contribution < -0.4 is 0 Å². The Hall–Kier alpha value is -1.03. The van der Waals surface area contributed by atoms with E-state index < -0.39 is 17.5 Å². The van der Waals surface area contributed by atoms with Crippen molar-refractivity contribution < 1.29 is 17.9 Å². The Morgan fingerprint density at radius 2 is 1.44 bits per heavy atom. The van der Waals surface area contributed by atoms with Crippen molar-refractivity contribution in [3.05, 3.63) is 35.1 Å². The lowest BCUT2D eigenvalue weighted by Crippen LogP contribution is -2.28. The van der Waals surface area contributed by atoms with E-state index in [2.05, 4.69) is 6.92 Å². The maximum absolute atomic E-state index is 13.7. The number of rotatable bonds is 5. The summed E-state index contributed by atoms with van der Waals surface area (Å²) in [5.74, 6) is -1.08. The molecule has 0 spiro atoms. The van der Waals surface area contributed by atoms with Crippen LogP contribution in [0.3, 0.4) is 0 Å². The molecule has 2 aliphatic rings. The molecule has 0 aromatic heterocycles. The fourth-order valence-corrected chi connectivity index (χ4v) is 4.68. The van der Waals surface area contributed by atoms with E-state index in [1.807, 2.05) is 0 Å². The first-order chi connectivity index (χ1) is 12.1. The predicted octanol–water partition coefficient (Wildman–Crippen LogP) is 6.40. The van der Waals surface area contributed by atoms with E-state index in [4.69, 9.17) is 4.74 Å². The van der Waals surface area contributed by atoms with Crippen molar-refractivity contribution in [1.29, 1.82) is 0 Å². The SMILES string of the molecule is CCC1CCC(C2CCC(OCc3ccc(F)c(F)c3F)CC2)CC1. The zero-order valence-electron chi connectivity index (χ0n) is 15.1. The number of hydrogen-bond acceptors (Lipinski definition) is 1. The molecule has 0 unspecified atom stereocenters. The fraction of sp³-hybridized carbons (Fsp3) is 0.714. The van der Waals surface area contributed by atoms with Gasteiger partial charge in [0.05, 0.1) is 12.7 Å². The molecule has 140 valence electrons. The smallest absolute Gasteiger partial charge is 0.194 e. The van der Waals surface area contributed by atoms with Gasteiger partial charge in [0, 0.05) is 5.56 Å². The molecule has 1 aromatic carbocycles. The van der Waals surface area contributed by atoms with Gasteiger partial charge in [0.25, 0.3) is 0 Å². The summed E-state index contributed by atoms with van der Waals surface area (Å²) in [6, 6.07) is 2.23. The normalized spacial score (nSPS) is 30.4. The van der Waals surface area contributed by atoms with Crippen molar-refractivity contribution in [3.63, 3.8) is 0 Å². The van der Waals surface area contributed by atoms with Crippen LogP contribution in [0.1, 0.15) is 70.3 Å². The van der Waals surface area contributed by atoms with Gasteiger partial charge in [-0.05, 0) is 62.3 Å². The highest BCUT2D eigenvalue weighted by Crippen LogP contribution is 2.41. The minimum Gasteiger partial charge on any atom is -0.373 e. The number of benzene rings is 1. The molecule has 0 aliphatic heterocycles. The Labute approximate surface area is 149 Å². The van der Waals surface area contributed by atoms with E-state index in [1.165, 1.54) is 51.0 Å². The van der Waals surface area contributed by atoms with Crippen LogP contribution in [0.25, 0.3) is 0 Å². The lowest BCUT2D eigenvalue weighted by atomic mass is 9.70. The molecule has 0 bridgehead atoms. The first-order valence-electron chi connectivity index (χ1n) is 9.82. The molecule has 0 saturated heterocycles. The average Bonchev–Trinajstić information content (AvgIpc) is 2.66. The van der Waals surface area contributed by atoms with Crippen LogP contribution in [0, 0.1) is 35.2 Å². The van der Waals surface area contributed by atoms with Crippen molar-refractivity contribution in [2.24, 2.45) is 17.8 Å². The first kappa shape index (κ1) is 18.8. The molecule has 0 N–H and O–H groups in total. The summed E-state index contributed by atoms with van der Waals surface area (Å²) in [5, 5.41) is 0. The van der Waals surface area contributed by atoms with Crippen molar-refractivity contribution in [1.82, 2.24) is 0 Å². The van der Waals surface area contributed by atoms with Crippen LogP contribution in [0.2, 0.25) is 0 Å². The van der Waals surface area contributed by atoms with Crippen LogP contribution >= 0.6 is 0 Å². The summed E-state index contributed by atoms with van der Waals surface area (Å²) < 4.78 is 45.7. The second-order valence-electron chi connectivity index (χ2n) is 7.87. The summed E-state index contributed by atoms with van der Waals surface area (Å²) in [6.07, 6.45) is 11.2. The Morgan fingerprint density at radius 3 is 2.04 bits per heavy atom. The van der Waals surface area contributed by atoms with Gasteiger partial charge in [-0.1, -0.05) is 32.3 Å². The Kier molecular flexibility index (Phi) is 6.43. The van der Waals surface area contributed by atoms with Crippen molar-refractivity contribution in [2.45, 2.75) is 77.4 Å². The first-order valence-corrected chi connectivity index (χ1v) is 9.82. The lowest BCUT2D eigenvalue weighted by Gasteiger charge is -2.37. The topological polar surface area (TPSA) is 9.23 Å². The molecule has 0 radical (unpaired) electrons. The van der Waals surface area contributed by atoms with Gasteiger partial charge in [-0.3, -0.25) is 0 Å². The minimum absolute atomic E-state index is 0.0139. The third-order valence-corrected chi connectivity index (χ3v) is 6.44. The van der Waals surface area contributed by atoms with Crippen LogP contribution in [0.4, 0.5) is 13.2 Å². The van der Waals surface area contributed by atoms with Crippen LogP contribution in [0.5, 0.6) is 0 Å². The Morgan fingerprint density at radius 1 is 0.840 bits per heavy atom. The van der Waals surface area contributed by atoms with Crippen LogP contribution in [-0.4, -0.2) is 6.10 Å². The van der Waals surface area contributed by atoms with Gasteiger partial charge < -0.3 is 4.74 Å². The van der Waals surface area contributed by atoms with E-state index in [0.717, 1.165) is 36.7 Å². The number of ether oxygens (including phenoxy) is 1. The standard InChI is InChI=1S/C21H29F3O/c1-2-14-3-5-15(6-4-14)16-7-10-18(11-8-16)25-13-17-9-12-19(22)21(24)20(17)23/h9,12,14-16,18H,2-8,10-11,13H2,1H3. The highest BCUT2D eigenvalue weighted by Gasteiger charge is 2.30. The van der Waals surface area contributed by atoms with Crippen molar-refractivity contribution in [2.75, 3.05) is 0 Å². The zero-order chi connectivity index (χ0) is 17.8. The summed E-state index contributed by atoms with van der Waals surface area (Å²) >= 11 is 0. The Bertz CT molecular complexity index is 559. The van der Waals surface area contributed by atoms with Crippen molar-refractivity contribution in [3.8, 4) is 0 Å². The van der Waals surface area contributed by atoms with Crippen molar-refractivity contribution >= 4 is 0 Å². The minimum atomic E-state index is -1.41. The summed E-state index contributed by atoms with van der Waals surface area (Å²) in [6.45, 7) is 2.31. The molecule has 2 saturated carbocycles. The van der Waals surface area contributed by atoms with Gasteiger partial charge in [-0.15, -0.1) is 0 Å². The molecule has 3 rings (SSSR count). The van der Waals surface area contributed by atoms with Gasteiger partial charge >= 0.3 is 0 Å². The fourth-order valence-electron chi connectivity index (χ4n) is 4.68. The largest absolute Gasteiger partial charge is 0.373 e. The third kappa shape index (κ3) is 4.58. The van der Waals surface area contributed by atoms with E-state index in [-0.39, 0.29) is 18.3 Å². The molecule has 2 fully saturated rings. The highest BCUT2D eigenvalue weighted by molar-refractivity contribution is 5.19. The molecule has 1 aromatic rings. The van der Waals surface area contributed by atoms with Crippen LogP contribution in [-0.2, 0) is 11.3 Å².